The van der Waals surface area contributed by atoms with Gasteiger partial charge in [0.1, 0.15) is 18.2 Å². The predicted molar refractivity (Wildman–Crippen MR) is 135 cm³/mol. The smallest absolute Gasteiger partial charge is 0.309 e. The molecule has 1 saturated heterocycles. The van der Waals surface area contributed by atoms with Crippen LogP contribution in [0.25, 0.3) is 10.9 Å². The van der Waals surface area contributed by atoms with Gasteiger partial charge in [-0.2, -0.15) is 0 Å². The Bertz CT molecular complexity index is 1270. The number of aryl methyl sites for hydroxylation is 1. The second-order valence-corrected chi connectivity index (χ2v) is 9.63. The summed E-state index contributed by atoms with van der Waals surface area (Å²) in [5.41, 5.74) is 1.54. The molecule has 1 aliphatic rings. The number of aliphatic carboxylic acids is 1. The molecule has 2 N–H and O–H groups in total. The van der Waals surface area contributed by atoms with Crippen molar-refractivity contribution in [1.29, 1.82) is 0 Å². The van der Waals surface area contributed by atoms with E-state index in [0.29, 0.717) is 75.2 Å². The number of carboxylic acids is 1. The number of methoxy groups -OCH3 is 1. The third kappa shape index (κ3) is 6.02. The number of ether oxygens (including phenoxy) is 2. The molecule has 204 valence electrons. The number of halogens is 3. The van der Waals surface area contributed by atoms with Gasteiger partial charge in [-0.15, -0.1) is 0 Å². The van der Waals surface area contributed by atoms with Crippen LogP contribution < -0.4 is 9.47 Å². The first-order chi connectivity index (χ1) is 18.3. The Morgan fingerprint density at radius 1 is 1.13 bits per heavy atom. The first kappa shape index (κ1) is 27.7. The van der Waals surface area contributed by atoms with Crippen molar-refractivity contribution >= 4 is 16.9 Å². The Hall–Kier alpha value is -3.37. The van der Waals surface area contributed by atoms with E-state index < -0.39 is 34.6 Å². The van der Waals surface area contributed by atoms with E-state index >= 15 is 0 Å². The van der Waals surface area contributed by atoms with E-state index in [1.807, 2.05) is 23.1 Å². The Balaban J connectivity index is 1.35. The summed E-state index contributed by atoms with van der Waals surface area (Å²) in [5, 5.41) is 20.8. The van der Waals surface area contributed by atoms with Gasteiger partial charge in [-0.1, -0.05) is 0 Å². The summed E-state index contributed by atoms with van der Waals surface area (Å²) in [6.45, 7) is 1.18. The van der Waals surface area contributed by atoms with Gasteiger partial charge in [-0.3, -0.25) is 14.7 Å². The zero-order valence-electron chi connectivity index (χ0n) is 21.2. The molecular formula is C28H31F3N2O5. The minimum absolute atomic E-state index is 0.0118. The monoisotopic (exact) mass is 532 g/mol. The van der Waals surface area contributed by atoms with E-state index in [9.17, 15) is 28.2 Å². The molecule has 1 fully saturated rings. The number of carboxylic acid groups (broad SMARTS) is 1. The second kappa shape index (κ2) is 12.0. The van der Waals surface area contributed by atoms with Crippen molar-refractivity contribution in [2.45, 2.75) is 38.7 Å². The van der Waals surface area contributed by atoms with Crippen molar-refractivity contribution in [1.82, 2.24) is 9.88 Å². The summed E-state index contributed by atoms with van der Waals surface area (Å²) in [6, 6.07) is 6.69. The van der Waals surface area contributed by atoms with Crippen LogP contribution in [0.2, 0.25) is 0 Å². The fraction of sp³-hybridized carbons (Fsp3) is 0.429. The molecule has 3 aromatic rings. The fourth-order valence-electron chi connectivity index (χ4n) is 5.15. The maximum Gasteiger partial charge on any atom is 0.309 e. The van der Waals surface area contributed by atoms with Gasteiger partial charge in [0.05, 0.1) is 24.6 Å². The standard InChI is InChI=1S/C28H31F3N2O5/c1-37-20-4-5-25-22(15-20)21(18(17-34)16-32-25)3-2-6-28(27(35)36)7-9-33(10-8-28)11-12-38-26-23(30)13-19(29)14-24(26)31/h4-5,13-16,34H,2-3,6-12,17H2,1H3,(H,35,36). The van der Waals surface area contributed by atoms with E-state index in [2.05, 4.69) is 4.98 Å². The van der Waals surface area contributed by atoms with Crippen LogP contribution in [0.15, 0.2) is 36.5 Å². The Morgan fingerprint density at radius 3 is 2.47 bits per heavy atom. The van der Waals surface area contributed by atoms with E-state index in [0.717, 1.165) is 16.5 Å². The van der Waals surface area contributed by atoms with Gasteiger partial charge in [0.2, 0.25) is 0 Å². The van der Waals surface area contributed by atoms with E-state index in [4.69, 9.17) is 9.47 Å². The average molecular weight is 533 g/mol. The molecule has 0 radical (unpaired) electrons. The minimum Gasteiger partial charge on any atom is -0.497 e. The summed E-state index contributed by atoms with van der Waals surface area (Å²) < 4.78 is 51.2. The first-order valence-corrected chi connectivity index (χ1v) is 12.5. The molecule has 2 aromatic carbocycles. The molecule has 7 nitrogen and oxygen atoms in total. The Morgan fingerprint density at radius 2 is 1.84 bits per heavy atom. The number of fused-ring (bicyclic) bond motifs is 1. The van der Waals surface area contributed by atoms with E-state index in [-0.39, 0.29) is 13.2 Å². The van der Waals surface area contributed by atoms with Crippen molar-refractivity contribution in [2.75, 3.05) is 33.4 Å². The lowest BCUT2D eigenvalue weighted by Crippen LogP contribution is -2.45. The summed E-state index contributed by atoms with van der Waals surface area (Å²) >= 11 is 0. The predicted octanol–water partition coefficient (Wildman–Crippen LogP) is 4.72. The second-order valence-electron chi connectivity index (χ2n) is 9.63. The number of aliphatic hydroxyl groups excluding tert-OH is 1. The van der Waals surface area contributed by atoms with Crippen LogP contribution in [0.5, 0.6) is 11.5 Å². The Kier molecular flexibility index (Phi) is 8.73. The van der Waals surface area contributed by atoms with Gasteiger partial charge in [0, 0.05) is 30.3 Å². The lowest BCUT2D eigenvalue weighted by molar-refractivity contribution is -0.152. The van der Waals surface area contributed by atoms with E-state index in [1.165, 1.54) is 0 Å². The fourth-order valence-corrected chi connectivity index (χ4v) is 5.15. The van der Waals surface area contributed by atoms with Crippen LogP contribution in [0, 0.1) is 22.9 Å². The SMILES string of the molecule is COc1ccc2ncc(CO)c(CCCC3(C(=O)O)CCN(CCOc4c(F)cc(F)cc4F)CC3)c2c1. The largest absolute Gasteiger partial charge is 0.497 e. The summed E-state index contributed by atoms with van der Waals surface area (Å²) in [7, 11) is 1.58. The van der Waals surface area contributed by atoms with Crippen molar-refractivity contribution in [3.63, 3.8) is 0 Å². The van der Waals surface area contributed by atoms with Gasteiger partial charge in [0.15, 0.2) is 17.4 Å². The number of carbonyl (C=O) groups is 1. The molecule has 0 atom stereocenters. The molecular weight excluding hydrogens is 501 g/mol. The molecule has 4 rings (SSSR count). The normalized spacial score (nSPS) is 15.5. The van der Waals surface area contributed by atoms with Crippen molar-refractivity contribution in [3.8, 4) is 11.5 Å². The number of nitrogens with zero attached hydrogens (tertiary/aromatic N) is 2. The number of likely N-dealkylation sites (tertiary alicyclic amines) is 1. The van der Waals surface area contributed by atoms with Gasteiger partial charge in [0.25, 0.3) is 0 Å². The highest BCUT2D eigenvalue weighted by atomic mass is 19.1. The molecule has 0 aliphatic carbocycles. The molecule has 0 bridgehead atoms. The van der Waals surface area contributed by atoms with Gasteiger partial charge in [-0.25, -0.2) is 13.2 Å². The molecule has 0 unspecified atom stereocenters. The maximum absolute atomic E-state index is 13.8. The highest BCUT2D eigenvalue weighted by Gasteiger charge is 2.40. The lowest BCUT2D eigenvalue weighted by Gasteiger charge is -2.39. The molecule has 2 heterocycles. The lowest BCUT2D eigenvalue weighted by atomic mass is 9.74. The number of hydrogen-bond acceptors (Lipinski definition) is 6. The molecule has 10 heteroatoms. The van der Waals surface area contributed by atoms with Crippen LogP contribution in [0.1, 0.15) is 36.8 Å². The quantitative estimate of drug-likeness (QED) is 0.369. The van der Waals surface area contributed by atoms with E-state index in [1.54, 1.807) is 13.3 Å². The zero-order valence-corrected chi connectivity index (χ0v) is 21.2. The van der Waals surface area contributed by atoms with Crippen LogP contribution >= 0.6 is 0 Å². The van der Waals surface area contributed by atoms with Gasteiger partial charge < -0.3 is 19.7 Å². The number of aliphatic hydroxyl groups is 1. The molecule has 0 spiro atoms. The third-order valence-corrected chi connectivity index (χ3v) is 7.41. The maximum atomic E-state index is 13.8. The van der Waals surface area contributed by atoms with Crippen molar-refractivity contribution < 1.29 is 37.7 Å². The average Bonchev–Trinajstić information content (AvgIpc) is 2.90. The molecule has 38 heavy (non-hydrogen) atoms. The topological polar surface area (TPSA) is 92.1 Å². The first-order valence-electron chi connectivity index (χ1n) is 12.5. The summed E-state index contributed by atoms with van der Waals surface area (Å²) in [6.07, 6.45) is 4.18. The number of aromatic nitrogens is 1. The number of rotatable bonds is 11. The molecule has 1 aromatic heterocycles. The summed E-state index contributed by atoms with van der Waals surface area (Å²) in [4.78, 5) is 18.7. The van der Waals surface area contributed by atoms with Crippen LogP contribution in [0.3, 0.4) is 0 Å². The van der Waals surface area contributed by atoms with Crippen molar-refractivity contribution in [2.24, 2.45) is 5.41 Å². The zero-order chi connectivity index (χ0) is 27.3. The summed E-state index contributed by atoms with van der Waals surface area (Å²) in [5.74, 6) is -4.00. The van der Waals surface area contributed by atoms with Crippen LogP contribution in [-0.2, 0) is 17.8 Å². The van der Waals surface area contributed by atoms with Crippen LogP contribution in [-0.4, -0.2) is 59.4 Å². The van der Waals surface area contributed by atoms with Gasteiger partial charge in [-0.05, 0) is 74.5 Å². The van der Waals surface area contributed by atoms with Gasteiger partial charge >= 0.3 is 5.97 Å². The highest BCUT2D eigenvalue weighted by molar-refractivity contribution is 5.84. The highest BCUT2D eigenvalue weighted by Crippen LogP contribution is 2.38. The Labute approximate surface area is 218 Å². The molecule has 0 amide bonds. The molecule has 0 saturated carbocycles. The number of benzene rings is 2. The van der Waals surface area contributed by atoms with Crippen LogP contribution in [0.4, 0.5) is 13.2 Å². The number of pyridine rings is 1. The third-order valence-electron chi connectivity index (χ3n) is 7.41. The minimum atomic E-state index is -1.10. The number of hydrogen-bond donors (Lipinski definition) is 2. The van der Waals surface area contributed by atoms with Crippen molar-refractivity contribution in [3.05, 3.63) is 65.1 Å². The molecule has 1 aliphatic heterocycles. The number of piperidine rings is 1.